The molecule has 1 aliphatic rings. The Labute approximate surface area is 126 Å². The van der Waals surface area contributed by atoms with Crippen molar-refractivity contribution in [2.24, 2.45) is 5.92 Å². The van der Waals surface area contributed by atoms with E-state index in [4.69, 9.17) is 11.6 Å². The van der Waals surface area contributed by atoms with Crippen LogP contribution in [0.5, 0.6) is 0 Å². The van der Waals surface area contributed by atoms with Crippen molar-refractivity contribution in [2.75, 3.05) is 29.2 Å². The van der Waals surface area contributed by atoms with Gasteiger partial charge in [-0.05, 0) is 49.4 Å². The van der Waals surface area contributed by atoms with Crippen LogP contribution in [0.25, 0.3) is 0 Å². The fourth-order valence-corrected chi connectivity index (χ4v) is 2.61. The fourth-order valence-electron chi connectivity index (χ4n) is 2.47. The first-order valence-electron chi connectivity index (χ1n) is 7.40. The topological polar surface area (TPSA) is 32.3 Å². The van der Waals surface area contributed by atoms with E-state index in [9.17, 15) is 4.79 Å². The Hall–Kier alpha value is -1.22. The van der Waals surface area contributed by atoms with Gasteiger partial charge in [-0.15, -0.1) is 11.6 Å². The Morgan fingerprint density at radius 2 is 1.95 bits per heavy atom. The molecule has 0 saturated carbocycles. The van der Waals surface area contributed by atoms with Crippen LogP contribution in [-0.4, -0.2) is 24.9 Å². The summed E-state index contributed by atoms with van der Waals surface area (Å²) < 4.78 is 0. The first kappa shape index (κ1) is 15.2. The number of anilines is 2. The van der Waals surface area contributed by atoms with Crippen LogP contribution in [0, 0.1) is 5.92 Å². The minimum atomic E-state index is 0.0326. The summed E-state index contributed by atoms with van der Waals surface area (Å²) in [6.45, 7) is 4.57. The van der Waals surface area contributed by atoms with Gasteiger partial charge in [0.05, 0.1) is 0 Å². The van der Waals surface area contributed by atoms with Crippen LogP contribution < -0.4 is 10.2 Å². The highest BCUT2D eigenvalue weighted by Gasteiger charge is 2.15. The third kappa shape index (κ3) is 4.41. The Morgan fingerprint density at radius 1 is 1.30 bits per heavy atom. The molecule has 4 heteroatoms. The van der Waals surface area contributed by atoms with Crippen LogP contribution in [0.3, 0.4) is 0 Å². The molecule has 1 saturated heterocycles. The Kier molecular flexibility index (Phi) is 5.72. The summed E-state index contributed by atoms with van der Waals surface area (Å²) in [5, 5.41) is 2.90. The molecule has 0 bridgehead atoms. The zero-order chi connectivity index (χ0) is 14.4. The monoisotopic (exact) mass is 294 g/mol. The molecule has 110 valence electrons. The molecule has 1 aromatic carbocycles. The van der Waals surface area contributed by atoms with Crippen LogP contribution in [0.2, 0.25) is 0 Å². The zero-order valence-electron chi connectivity index (χ0n) is 12.1. The Balaban J connectivity index is 1.88. The average Bonchev–Trinajstić information content (AvgIpc) is 2.47. The van der Waals surface area contributed by atoms with E-state index < -0.39 is 0 Å². The number of benzene rings is 1. The molecular weight excluding hydrogens is 272 g/mol. The number of hydrogen-bond acceptors (Lipinski definition) is 2. The highest BCUT2D eigenvalue weighted by atomic mass is 35.5. The standard InChI is InChI=1S/C16H23ClN2O/c1-13-8-11-19(12-9-13)15-6-4-14(5-7-15)18-16(20)3-2-10-17/h4-7,13H,2-3,8-12H2,1H3,(H,18,20). The first-order chi connectivity index (χ1) is 9.69. The van der Waals surface area contributed by atoms with Crippen molar-refractivity contribution < 1.29 is 4.79 Å². The predicted octanol–water partition coefficient (Wildman–Crippen LogP) is 3.88. The molecule has 1 N–H and O–H groups in total. The number of hydrogen-bond donors (Lipinski definition) is 1. The quantitative estimate of drug-likeness (QED) is 0.836. The van der Waals surface area contributed by atoms with Crippen LogP contribution >= 0.6 is 11.6 Å². The van der Waals surface area contributed by atoms with Gasteiger partial charge in [0.25, 0.3) is 0 Å². The second kappa shape index (κ2) is 7.53. The molecule has 0 aromatic heterocycles. The third-order valence-electron chi connectivity index (χ3n) is 3.84. The number of piperidine rings is 1. The number of amides is 1. The second-order valence-corrected chi connectivity index (χ2v) is 5.94. The van der Waals surface area contributed by atoms with Gasteiger partial charge in [-0.2, -0.15) is 0 Å². The molecule has 1 aliphatic heterocycles. The molecule has 1 heterocycles. The molecule has 0 spiro atoms. The molecular formula is C16H23ClN2O. The molecule has 0 radical (unpaired) electrons. The van der Waals surface area contributed by atoms with E-state index in [1.54, 1.807) is 0 Å². The molecule has 1 amide bonds. The van der Waals surface area contributed by atoms with Crippen LogP contribution in [0.4, 0.5) is 11.4 Å². The van der Waals surface area contributed by atoms with Crippen molar-refractivity contribution in [3.8, 4) is 0 Å². The highest BCUT2D eigenvalue weighted by Crippen LogP contribution is 2.24. The van der Waals surface area contributed by atoms with Gasteiger partial charge in [0.15, 0.2) is 0 Å². The van der Waals surface area contributed by atoms with Crippen molar-refractivity contribution in [2.45, 2.75) is 32.6 Å². The molecule has 0 unspecified atom stereocenters. The second-order valence-electron chi connectivity index (χ2n) is 5.56. The predicted molar refractivity (Wildman–Crippen MR) is 85.6 cm³/mol. The lowest BCUT2D eigenvalue weighted by Crippen LogP contribution is -2.32. The van der Waals surface area contributed by atoms with E-state index in [0.29, 0.717) is 12.3 Å². The minimum absolute atomic E-state index is 0.0326. The summed E-state index contributed by atoms with van der Waals surface area (Å²) in [4.78, 5) is 14.0. The molecule has 0 aliphatic carbocycles. The summed E-state index contributed by atoms with van der Waals surface area (Å²) in [7, 11) is 0. The number of carbonyl (C=O) groups excluding carboxylic acids is 1. The fraction of sp³-hybridized carbons (Fsp3) is 0.562. The number of nitrogens with one attached hydrogen (secondary N) is 1. The number of halogens is 1. The normalized spacial score (nSPS) is 16.2. The molecule has 0 atom stereocenters. The SMILES string of the molecule is CC1CCN(c2ccc(NC(=O)CCCCl)cc2)CC1. The zero-order valence-corrected chi connectivity index (χ0v) is 12.8. The van der Waals surface area contributed by atoms with Gasteiger partial charge in [0.1, 0.15) is 0 Å². The van der Waals surface area contributed by atoms with Gasteiger partial charge < -0.3 is 10.2 Å². The molecule has 1 aromatic rings. The summed E-state index contributed by atoms with van der Waals surface area (Å²) in [5.41, 5.74) is 2.11. The smallest absolute Gasteiger partial charge is 0.224 e. The molecule has 20 heavy (non-hydrogen) atoms. The van der Waals surface area contributed by atoms with E-state index in [0.717, 1.165) is 31.1 Å². The lowest BCUT2D eigenvalue weighted by Gasteiger charge is -2.32. The molecule has 2 rings (SSSR count). The van der Waals surface area contributed by atoms with Crippen molar-refractivity contribution in [1.29, 1.82) is 0 Å². The number of alkyl halides is 1. The maximum Gasteiger partial charge on any atom is 0.224 e. The summed E-state index contributed by atoms with van der Waals surface area (Å²) >= 11 is 5.58. The average molecular weight is 295 g/mol. The minimum Gasteiger partial charge on any atom is -0.372 e. The lowest BCUT2D eigenvalue weighted by atomic mass is 9.99. The molecule has 1 fully saturated rings. The van der Waals surface area contributed by atoms with E-state index in [1.165, 1.54) is 18.5 Å². The number of nitrogens with zero attached hydrogens (tertiary/aromatic N) is 1. The van der Waals surface area contributed by atoms with Gasteiger partial charge >= 0.3 is 0 Å². The van der Waals surface area contributed by atoms with Crippen molar-refractivity contribution in [3.05, 3.63) is 24.3 Å². The Bertz CT molecular complexity index is 425. The van der Waals surface area contributed by atoms with Crippen molar-refractivity contribution >= 4 is 28.9 Å². The van der Waals surface area contributed by atoms with Gasteiger partial charge in [0, 0.05) is 36.8 Å². The van der Waals surface area contributed by atoms with Crippen LogP contribution in [0.1, 0.15) is 32.6 Å². The summed E-state index contributed by atoms with van der Waals surface area (Å²) in [5.74, 6) is 1.40. The lowest BCUT2D eigenvalue weighted by molar-refractivity contribution is -0.116. The number of carbonyl (C=O) groups is 1. The maximum atomic E-state index is 11.6. The third-order valence-corrected chi connectivity index (χ3v) is 4.10. The van der Waals surface area contributed by atoms with E-state index in [-0.39, 0.29) is 5.91 Å². The maximum absolute atomic E-state index is 11.6. The Morgan fingerprint density at radius 3 is 2.55 bits per heavy atom. The largest absolute Gasteiger partial charge is 0.372 e. The summed E-state index contributed by atoms with van der Waals surface area (Å²) in [6.07, 6.45) is 3.72. The van der Waals surface area contributed by atoms with E-state index in [1.807, 2.05) is 12.1 Å². The molecule has 3 nitrogen and oxygen atoms in total. The van der Waals surface area contributed by atoms with Crippen molar-refractivity contribution in [1.82, 2.24) is 0 Å². The van der Waals surface area contributed by atoms with Gasteiger partial charge in [-0.3, -0.25) is 4.79 Å². The first-order valence-corrected chi connectivity index (χ1v) is 7.93. The van der Waals surface area contributed by atoms with Crippen LogP contribution in [0.15, 0.2) is 24.3 Å². The van der Waals surface area contributed by atoms with Crippen LogP contribution in [-0.2, 0) is 4.79 Å². The summed E-state index contributed by atoms with van der Waals surface area (Å²) in [6, 6.07) is 8.14. The van der Waals surface area contributed by atoms with Gasteiger partial charge in [-0.25, -0.2) is 0 Å². The van der Waals surface area contributed by atoms with Gasteiger partial charge in [-0.1, -0.05) is 6.92 Å². The van der Waals surface area contributed by atoms with Gasteiger partial charge in [0.2, 0.25) is 5.91 Å². The van der Waals surface area contributed by atoms with E-state index >= 15 is 0 Å². The van der Waals surface area contributed by atoms with E-state index in [2.05, 4.69) is 29.3 Å². The number of rotatable bonds is 5. The van der Waals surface area contributed by atoms with Crippen molar-refractivity contribution in [3.63, 3.8) is 0 Å². The highest BCUT2D eigenvalue weighted by molar-refractivity contribution is 6.18.